The molecule has 144 valence electrons. The van der Waals surface area contributed by atoms with Crippen LogP contribution in [0.15, 0.2) is 46.1 Å². The van der Waals surface area contributed by atoms with Gasteiger partial charge in [0.1, 0.15) is 5.39 Å². The Labute approximate surface area is 161 Å². The highest BCUT2D eigenvalue weighted by atomic mass is 16.2. The van der Waals surface area contributed by atoms with Crippen molar-refractivity contribution in [1.29, 1.82) is 0 Å². The SMILES string of the molecule is Cc1c2c(=O)n(C)c(=O)n(CC(C)C)c2nn1Cc1ccnc2ccccc12. The van der Waals surface area contributed by atoms with Gasteiger partial charge in [-0.2, -0.15) is 5.10 Å². The van der Waals surface area contributed by atoms with Gasteiger partial charge in [0.15, 0.2) is 5.65 Å². The maximum atomic E-state index is 12.8. The fraction of sp³-hybridized carbons (Fsp3) is 0.333. The third-order valence-electron chi connectivity index (χ3n) is 5.09. The van der Waals surface area contributed by atoms with Gasteiger partial charge in [-0.25, -0.2) is 4.79 Å². The molecule has 3 heterocycles. The molecule has 0 atom stereocenters. The number of benzene rings is 1. The summed E-state index contributed by atoms with van der Waals surface area (Å²) in [5, 5.41) is 6.23. The second kappa shape index (κ2) is 6.74. The highest BCUT2D eigenvalue weighted by Gasteiger charge is 2.19. The number of aromatic nitrogens is 5. The summed E-state index contributed by atoms with van der Waals surface area (Å²) in [4.78, 5) is 29.8. The lowest BCUT2D eigenvalue weighted by atomic mass is 10.1. The standard InChI is InChI=1S/C21H23N5O2/c1-13(2)11-25-19-18(20(27)24(4)21(25)28)14(3)26(23-19)12-15-9-10-22-17-8-6-5-7-16(15)17/h5-10,13H,11-12H2,1-4H3. The first-order valence-corrected chi connectivity index (χ1v) is 9.38. The second-order valence-corrected chi connectivity index (χ2v) is 7.58. The molecular weight excluding hydrogens is 354 g/mol. The van der Waals surface area contributed by atoms with Crippen LogP contribution >= 0.6 is 0 Å². The number of hydrogen-bond donors (Lipinski definition) is 0. The Morgan fingerprint density at radius 2 is 1.86 bits per heavy atom. The molecule has 28 heavy (non-hydrogen) atoms. The zero-order valence-corrected chi connectivity index (χ0v) is 16.5. The third kappa shape index (κ3) is 2.83. The van der Waals surface area contributed by atoms with Crippen molar-refractivity contribution in [2.75, 3.05) is 0 Å². The third-order valence-corrected chi connectivity index (χ3v) is 5.09. The Hall–Kier alpha value is -3.22. The number of fused-ring (bicyclic) bond motifs is 2. The number of hydrogen-bond acceptors (Lipinski definition) is 4. The summed E-state index contributed by atoms with van der Waals surface area (Å²) in [6.45, 7) is 6.97. The summed E-state index contributed by atoms with van der Waals surface area (Å²) in [7, 11) is 1.52. The van der Waals surface area contributed by atoms with Crippen molar-refractivity contribution < 1.29 is 0 Å². The van der Waals surface area contributed by atoms with Crippen molar-refractivity contribution in [3.63, 3.8) is 0 Å². The van der Waals surface area contributed by atoms with Gasteiger partial charge in [0.05, 0.1) is 17.8 Å². The fourth-order valence-electron chi connectivity index (χ4n) is 3.63. The van der Waals surface area contributed by atoms with Crippen molar-refractivity contribution in [1.82, 2.24) is 23.9 Å². The van der Waals surface area contributed by atoms with E-state index in [0.717, 1.165) is 22.2 Å². The van der Waals surface area contributed by atoms with Gasteiger partial charge in [-0.3, -0.25) is 23.6 Å². The van der Waals surface area contributed by atoms with Crippen LogP contribution in [0.2, 0.25) is 0 Å². The van der Waals surface area contributed by atoms with Crippen LogP contribution in [-0.2, 0) is 20.1 Å². The summed E-state index contributed by atoms with van der Waals surface area (Å²) in [5.41, 5.74) is 2.57. The Kier molecular flexibility index (Phi) is 4.37. The molecule has 0 saturated carbocycles. The van der Waals surface area contributed by atoms with Crippen LogP contribution in [0.1, 0.15) is 25.1 Å². The minimum atomic E-state index is -0.329. The lowest BCUT2D eigenvalue weighted by Gasteiger charge is -2.10. The van der Waals surface area contributed by atoms with E-state index in [1.54, 1.807) is 10.8 Å². The van der Waals surface area contributed by atoms with Gasteiger partial charge in [-0.15, -0.1) is 0 Å². The first kappa shape index (κ1) is 18.2. The fourth-order valence-corrected chi connectivity index (χ4v) is 3.63. The molecule has 7 heteroatoms. The molecule has 0 fully saturated rings. The highest BCUT2D eigenvalue weighted by Crippen LogP contribution is 2.20. The molecule has 3 aromatic heterocycles. The predicted octanol–water partition coefficient (Wildman–Crippen LogP) is 2.46. The molecule has 0 aliphatic carbocycles. The molecule has 0 aliphatic rings. The number of para-hydroxylation sites is 1. The van der Waals surface area contributed by atoms with E-state index in [2.05, 4.69) is 10.1 Å². The van der Waals surface area contributed by atoms with E-state index in [4.69, 9.17) is 0 Å². The van der Waals surface area contributed by atoms with Gasteiger partial charge in [0.25, 0.3) is 5.56 Å². The maximum absolute atomic E-state index is 12.8. The number of rotatable bonds is 4. The van der Waals surface area contributed by atoms with Gasteiger partial charge in [0.2, 0.25) is 0 Å². The minimum Gasteiger partial charge on any atom is -0.276 e. The number of pyridine rings is 1. The van der Waals surface area contributed by atoms with Crippen LogP contribution in [0.3, 0.4) is 0 Å². The van der Waals surface area contributed by atoms with Crippen molar-refractivity contribution in [2.45, 2.75) is 33.9 Å². The molecule has 7 nitrogen and oxygen atoms in total. The molecule has 0 aliphatic heterocycles. The van der Waals surface area contributed by atoms with Gasteiger partial charge in [-0.05, 0) is 30.5 Å². The van der Waals surface area contributed by atoms with E-state index in [0.29, 0.717) is 24.1 Å². The first-order chi connectivity index (χ1) is 13.4. The topological polar surface area (TPSA) is 74.7 Å². The zero-order valence-electron chi connectivity index (χ0n) is 16.5. The molecule has 4 rings (SSSR count). The molecule has 0 spiro atoms. The lowest BCUT2D eigenvalue weighted by molar-refractivity contribution is 0.498. The van der Waals surface area contributed by atoms with E-state index in [9.17, 15) is 9.59 Å². The van der Waals surface area contributed by atoms with Crippen LogP contribution < -0.4 is 11.2 Å². The minimum absolute atomic E-state index is 0.257. The molecule has 0 unspecified atom stereocenters. The Bertz CT molecular complexity index is 1310. The van der Waals surface area contributed by atoms with Crippen LogP contribution in [0.4, 0.5) is 0 Å². The molecule has 0 radical (unpaired) electrons. The van der Waals surface area contributed by atoms with Crippen molar-refractivity contribution in [3.05, 3.63) is 68.6 Å². The summed E-state index contributed by atoms with van der Waals surface area (Å²) in [6, 6.07) is 9.91. The van der Waals surface area contributed by atoms with Gasteiger partial charge in [0, 0.05) is 25.2 Å². The first-order valence-electron chi connectivity index (χ1n) is 9.38. The maximum Gasteiger partial charge on any atom is 0.332 e. The lowest BCUT2D eigenvalue weighted by Crippen LogP contribution is -2.38. The molecule has 0 amide bonds. The summed E-state index contributed by atoms with van der Waals surface area (Å²) in [6.07, 6.45) is 1.78. The summed E-state index contributed by atoms with van der Waals surface area (Å²) < 4.78 is 4.59. The van der Waals surface area contributed by atoms with Gasteiger partial charge in [-0.1, -0.05) is 32.0 Å². The largest absolute Gasteiger partial charge is 0.332 e. The van der Waals surface area contributed by atoms with E-state index < -0.39 is 0 Å². The van der Waals surface area contributed by atoms with Crippen molar-refractivity contribution in [3.8, 4) is 0 Å². The average Bonchev–Trinajstić information content (AvgIpc) is 3.00. The molecule has 1 aromatic carbocycles. The van der Waals surface area contributed by atoms with Crippen LogP contribution in [-0.4, -0.2) is 23.9 Å². The average molecular weight is 377 g/mol. The van der Waals surface area contributed by atoms with Gasteiger partial charge >= 0.3 is 5.69 Å². The molecular formula is C21H23N5O2. The molecule has 0 bridgehead atoms. The second-order valence-electron chi connectivity index (χ2n) is 7.58. The van der Waals surface area contributed by atoms with E-state index >= 15 is 0 Å². The summed E-state index contributed by atoms with van der Waals surface area (Å²) >= 11 is 0. The number of aryl methyl sites for hydroxylation is 1. The number of nitrogens with zero attached hydrogens (tertiary/aromatic N) is 5. The summed E-state index contributed by atoms with van der Waals surface area (Å²) in [5.74, 6) is 0.257. The normalized spacial score (nSPS) is 11.8. The molecule has 0 saturated heterocycles. The van der Waals surface area contributed by atoms with Crippen LogP contribution in [0, 0.1) is 12.8 Å². The quantitative estimate of drug-likeness (QED) is 0.548. The van der Waals surface area contributed by atoms with E-state index in [1.165, 1.54) is 11.6 Å². The van der Waals surface area contributed by atoms with E-state index in [-0.39, 0.29) is 17.2 Å². The molecule has 0 N–H and O–H groups in total. The predicted molar refractivity (Wildman–Crippen MR) is 110 cm³/mol. The van der Waals surface area contributed by atoms with Crippen LogP contribution in [0.25, 0.3) is 21.9 Å². The molecule has 4 aromatic rings. The van der Waals surface area contributed by atoms with Crippen molar-refractivity contribution in [2.24, 2.45) is 13.0 Å². The Morgan fingerprint density at radius 3 is 2.61 bits per heavy atom. The smallest absolute Gasteiger partial charge is 0.276 e. The van der Waals surface area contributed by atoms with E-state index in [1.807, 2.05) is 55.8 Å². The Balaban J connectivity index is 1.94. The Morgan fingerprint density at radius 1 is 1.11 bits per heavy atom. The highest BCUT2D eigenvalue weighted by molar-refractivity contribution is 5.82. The van der Waals surface area contributed by atoms with Gasteiger partial charge < -0.3 is 0 Å². The zero-order chi connectivity index (χ0) is 20.0. The van der Waals surface area contributed by atoms with Crippen LogP contribution in [0.5, 0.6) is 0 Å². The monoisotopic (exact) mass is 377 g/mol. The van der Waals surface area contributed by atoms with Crippen molar-refractivity contribution >= 4 is 21.9 Å².